The summed E-state index contributed by atoms with van der Waals surface area (Å²) in [6, 6.07) is 17.8. The molecule has 98 valence electrons. The first-order valence-electron chi connectivity index (χ1n) is 6.41. The van der Waals surface area contributed by atoms with Crippen LogP contribution in [0, 0.1) is 0 Å². The van der Waals surface area contributed by atoms with Crippen LogP contribution in [0.15, 0.2) is 54.6 Å². The van der Waals surface area contributed by atoms with E-state index in [0.717, 1.165) is 23.7 Å². The lowest BCUT2D eigenvalue weighted by Crippen LogP contribution is -2.04. The molecule has 2 aromatic rings. The maximum Gasteiger partial charge on any atom is 0.123 e. The molecular formula is C16H16O3. The number of epoxide rings is 1. The second-order valence-electron chi connectivity index (χ2n) is 4.52. The predicted octanol–water partition coefficient (Wildman–Crippen LogP) is 3.04. The van der Waals surface area contributed by atoms with Gasteiger partial charge in [-0.25, -0.2) is 0 Å². The van der Waals surface area contributed by atoms with Crippen molar-refractivity contribution in [3.05, 3.63) is 60.2 Å². The quantitative estimate of drug-likeness (QED) is 0.744. The molecule has 0 saturated carbocycles. The molecule has 2 aromatic carbocycles. The van der Waals surface area contributed by atoms with Crippen LogP contribution in [0.4, 0.5) is 0 Å². The monoisotopic (exact) mass is 256 g/mol. The highest BCUT2D eigenvalue weighted by atomic mass is 16.6. The Morgan fingerprint density at radius 2 is 1.68 bits per heavy atom. The van der Waals surface area contributed by atoms with Crippen LogP contribution in [0.25, 0.3) is 0 Å². The van der Waals surface area contributed by atoms with Gasteiger partial charge in [-0.1, -0.05) is 36.4 Å². The van der Waals surface area contributed by atoms with Crippen molar-refractivity contribution < 1.29 is 14.2 Å². The van der Waals surface area contributed by atoms with Crippen molar-refractivity contribution in [1.82, 2.24) is 0 Å². The van der Waals surface area contributed by atoms with Crippen LogP contribution in [0.2, 0.25) is 0 Å². The first kappa shape index (κ1) is 12.1. The van der Waals surface area contributed by atoms with Crippen molar-refractivity contribution >= 4 is 0 Å². The van der Waals surface area contributed by atoms with Crippen LogP contribution in [0.5, 0.6) is 11.5 Å². The molecule has 19 heavy (non-hydrogen) atoms. The van der Waals surface area contributed by atoms with Gasteiger partial charge in [0.2, 0.25) is 0 Å². The van der Waals surface area contributed by atoms with E-state index in [2.05, 4.69) is 0 Å². The van der Waals surface area contributed by atoms with E-state index < -0.39 is 0 Å². The summed E-state index contributed by atoms with van der Waals surface area (Å²) >= 11 is 0. The highest BCUT2D eigenvalue weighted by Gasteiger charge is 2.23. The molecule has 3 heteroatoms. The summed E-state index contributed by atoms with van der Waals surface area (Å²) < 4.78 is 16.5. The number of hydrogen-bond donors (Lipinski definition) is 0. The summed E-state index contributed by atoms with van der Waals surface area (Å²) in [5.41, 5.74) is 1.15. The number of benzene rings is 2. The zero-order valence-corrected chi connectivity index (χ0v) is 10.6. The molecule has 1 atom stereocenters. The van der Waals surface area contributed by atoms with Crippen molar-refractivity contribution in [2.45, 2.75) is 12.7 Å². The minimum atomic E-state index is 0.272. The molecule has 0 aliphatic carbocycles. The Morgan fingerprint density at radius 1 is 0.947 bits per heavy atom. The van der Waals surface area contributed by atoms with E-state index in [0.29, 0.717) is 13.2 Å². The molecule has 0 bridgehead atoms. The van der Waals surface area contributed by atoms with Crippen molar-refractivity contribution in [1.29, 1.82) is 0 Å². The summed E-state index contributed by atoms with van der Waals surface area (Å²) in [5, 5.41) is 0. The zero-order chi connectivity index (χ0) is 12.9. The molecule has 0 unspecified atom stereocenters. The zero-order valence-electron chi connectivity index (χ0n) is 10.6. The van der Waals surface area contributed by atoms with Gasteiger partial charge in [-0.15, -0.1) is 0 Å². The highest BCUT2D eigenvalue weighted by molar-refractivity contribution is 5.33. The lowest BCUT2D eigenvalue weighted by molar-refractivity contribution is 0.259. The molecule has 1 saturated heterocycles. The van der Waals surface area contributed by atoms with Gasteiger partial charge in [0.25, 0.3) is 0 Å². The van der Waals surface area contributed by atoms with E-state index in [4.69, 9.17) is 14.2 Å². The SMILES string of the molecule is c1ccc(COc2cccc(OC[C@H]3CO3)c2)cc1. The summed E-state index contributed by atoms with van der Waals surface area (Å²) in [6.07, 6.45) is 0.272. The first-order valence-corrected chi connectivity index (χ1v) is 6.41. The lowest BCUT2D eigenvalue weighted by atomic mass is 10.2. The third kappa shape index (κ3) is 3.73. The number of hydrogen-bond acceptors (Lipinski definition) is 3. The molecule has 3 nitrogen and oxygen atoms in total. The normalized spacial score (nSPS) is 16.9. The molecule has 0 radical (unpaired) electrons. The fraction of sp³-hybridized carbons (Fsp3) is 0.250. The summed E-state index contributed by atoms with van der Waals surface area (Å²) in [5.74, 6) is 1.64. The molecule has 1 heterocycles. The molecule has 0 amide bonds. The summed E-state index contributed by atoms with van der Waals surface area (Å²) in [4.78, 5) is 0. The van der Waals surface area contributed by atoms with E-state index >= 15 is 0 Å². The van der Waals surface area contributed by atoms with Crippen LogP contribution in [-0.2, 0) is 11.3 Å². The predicted molar refractivity (Wildman–Crippen MR) is 72.5 cm³/mol. The highest BCUT2D eigenvalue weighted by Crippen LogP contribution is 2.21. The van der Waals surface area contributed by atoms with Crippen molar-refractivity contribution in [2.24, 2.45) is 0 Å². The Bertz CT molecular complexity index is 521. The lowest BCUT2D eigenvalue weighted by Gasteiger charge is -2.09. The van der Waals surface area contributed by atoms with Crippen molar-refractivity contribution in [2.75, 3.05) is 13.2 Å². The molecule has 3 rings (SSSR count). The standard InChI is InChI=1S/C16H16O3/c1-2-5-13(6-3-1)10-17-14-7-4-8-15(9-14)18-11-16-12-19-16/h1-9,16H,10-12H2/t16-/m0/s1. The van der Waals surface area contributed by atoms with Gasteiger partial charge in [-0.05, 0) is 17.7 Å². The van der Waals surface area contributed by atoms with E-state index in [9.17, 15) is 0 Å². The van der Waals surface area contributed by atoms with Crippen molar-refractivity contribution in [3.8, 4) is 11.5 Å². The van der Waals surface area contributed by atoms with Crippen LogP contribution in [0.1, 0.15) is 5.56 Å². The minimum absolute atomic E-state index is 0.272. The molecular weight excluding hydrogens is 240 g/mol. The van der Waals surface area contributed by atoms with Gasteiger partial charge in [-0.3, -0.25) is 0 Å². The van der Waals surface area contributed by atoms with Gasteiger partial charge in [0.15, 0.2) is 0 Å². The summed E-state index contributed by atoms with van der Waals surface area (Å²) in [7, 11) is 0. The number of ether oxygens (including phenoxy) is 3. The maximum absolute atomic E-state index is 5.74. The second-order valence-corrected chi connectivity index (χ2v) is 4.52. The van der Waals surface area contributed by atoms with Gasteiger partial charge >= 0.3 is 0 Å². The van der Waals surface area contributed by atoms with Crippen LogP contribution in [0.3, 0.4) is 0 Å². The third-order valence-corrected chi connectivity index (χ3v) is 2.89. The van der Waals surface area contributed by atoms with Crippen LogP contribution < -0.4 is 9.47 Å². The van der Waals surface area contributed by atoms with E-state index in [1.165, 1.54) is 0 Å². The van der Waals surface area contributed by atoms with E-state index in [1.807, 2.05) is 54.6 Å². The van der Waals surface area contributed by atoms with Gasteiger partial charge in [-0.2, -0.15) is 0 Å². The van der Waals surface area contributed by atoms with Gasteiger partial charge in [0, 0.05) is 6.07 Å². The fourth-order valence-electron chi connectivity index (χ4n) is 1.75. The average molecular weight is 256 g/mol. The molecule has 0 spiro atoms. The molecule has 1 fully saturated rings. The minimum Gasteiger partial charge on any atom is -0.491 e. The Morgan fingerprint density at radius 3 is 2.42 bits per heavy atom. The largest absolute Gasteiger partial charge is 0.491 e. The van der Waals surface area contributed by atoms with Gasteiger partial charge in [0.1, 0.15) is 30.8 Å². The maximum atomic E-state index is 5.74. The first-order chi connectivity index (χ1) is 9.40. The molecule has 1 aliphatic rings. The molecule has 0 aromatic heterocycles. The Hall–Kier alpha value is -2.00. The second kappa shape index (κ2) is 5.76. The Labute approximate surface area is 112 Å². The van der Waals surface area contributed by atoms with Gasteiger partial charge < -0.3 is 14.2 Å². The fourth-order valence-corrected chi connectivity index (χ4v) is 1.75. The van der Waals surface area contributed by atoms with Crippen molar-refractivity contribution in [3.63, 3.8) is 0 Å². The molecule has 0 N–H and O–H groups in total. The van der Waals surface area contributed by atoms with Gasteiger partial charge in [0.05, 0.1) is 6.61 Å². The summed E-state index contributed by atoms with van der Waals surface area (Å²) in [6.45, 7) is 1.99. The third-order valence-electron chi connectivity index (χ3n) is 2.89. The Balaban J connectivity index is 1.56. The van der Waals surface area contributed by atoms with E-state index in [-0.39, 0.29) is 6.10 Å². The van der Waals surface area contributed by atoms with E-state index in [1.54, 1.807) is 0 Å². The van der Waals surface area contributed by atoms with Crippen LogP contribution >= 0.6 is 0 Å². The average Bonchev–Trinajstić information content (AvgIpc) is 3.29. The topological polar surface area (TPSA) is 31.0 Å². The van der Waals surface area contributed by atoms with Crippen LogP contribution in [-0.4, -0.2) is 19.3 Å². The number of rotatable bonds is 6. The smallest absolute Gasteiger partial charge is 0.123 e. The molecule has 1 aliphatic heterocycles. The Kier molecular flexibility index (Phi) is 3.65.